The number of benzene rings is 1. The lowest BCUT2D eigenvalue weighted by atomic mass is 9.72. The zero-order valence-electron chi connectivity index (χ0n) is 11.5. The van der Waals surface area contributed by atoms with Crippen molar-refractivity contribution in [1.29, 1.82) is 0 Å². The van der Waals surface area contributed by atoms with Crippen LogP contribution in [-0.2, 0) is 0 Å². The normalized spacial score (nSPS) is 28.1. The Balaban J connectivity index is 2.38. The highest BCUT2D eigenvalue weighted by Crippen LogP contribution is 2.70. The van der Waals surface area contributed by atoms with Gasteiger partial charge in [-0.1, -0.05) is 58.0 Å². The molecule has 0 bridgehead atoms. The van der Waals surface area contributed by atoms with Crippen molar-refractivity contribution in [3.05, 3.63) is 35.9 Å². The van der Waals surface area contributed by atoms with E-state index in [-0.39, 0.29) is 0 Å². The third kappa shape index (κ3) is 1.91. The molecule has 94 valence electrons. The molecule has 17 heavy (non-hydrogen) atoms. The van der Waals surface area contributed by atoms with Gasteiger partial charge >= 0.3 is 0 Å². The molecule has 0 heterocycles. The smallest absolute Gasteiger partial charge is 0.000923 e. The minimum absolute atomic E-state index is 0.308. The second-order valence-corrected chi connectivity index (χ2v) is 6.55. The Bertz CT molecular complexity index is 380. The van der Waals surface area contributed by atoms with E-state index in [1.54, 1.807) is 0 Å². The van der Waals surface area contributed by atoms with E-state index in [1.807, 2.05) is 0 Å². The largest absolute Gasteiger partial charge is 0.330 e. The fourth-order valence-electron chi connectivity index (χ4n) is 3.75. The fraction of sp³-hybridized carbons (Fsp3) is 0.625. The predicted octanol–water partition coefficient (Wildman–Crippen LogP) is 3.80. The first-order valence-corrected chi connectivity index (χ1v) is 6.69. The maximum absolute atomic E-state index is 6.12. The highest BCUT2D eigenvalue weighted by atomic mass is 14.8. The van der Waals surface area contributed by atoms with E-state index in [9.17, 15) is 0 Å². The zero-order valence-corrected chi connectivity index (χ0v) is 11.5. The Morgan fingerprint density at radius 3 is 2.06 bits per heavy atom. The summed E-state index contributed by atoms with van der Waals surface area (Å²) in [5.41, 5.74) is 8.28. The second-order valence-electron chi connectivity index (χ2n) is 6.55. The predicted molar refractivity (Wildman–Crippen MR) is 73.9 cm³/mol. The average Bonchev–Trinajstić information content (AvgIpc) is 2.83. The van der Waals surface area contributed by atoms with Crippen molar-refractivity contribution in [2.75, 3.05) is 6.54 Å². The maximum atomic E-state index is 6.12. The molecule has 0 amide bonds. The van der Waals surface area contributed by atoms with Crippen LogP contribution in [0.4, 0.5) is 0 Å². The summed E-state index contributed by atoms with van der Waals surface area (Å²) in [4.78, 5) is 0. The monoisotopic (exact) mass is 231 g/mol. The summed E-state index contributed by atoms with van der Waals surface area (Å²) in [6.45, 7) is 10.2. The van der Waals surface area contributed by atoms with Gasteiger partial charge in [-0.05, 0) is 41.2 Å². The van der Waals surface area contributed by atoms with Crippen molar-refractivity contribution in [2.45, 2.75) is 40.0 Å². The first-order valence-electron chi connectivity index (χ1n) is 6.69. The summed E-state index contributed by atoms with van der Waals surface area (Å²) >= 11 is 0. The molecule has 2 unspecified atom stereocenters. The summed E-state index contributed by atoms with van der Waals surface area (Å²) in [6.07, 6.45) is 1.26. The lowest BCUT2D eigenvalue weighted by Crippen LogP contribution is -2.31. The van der Waals surface area contributed by atoms with Crippen LogP contribution in [0.2, 0.25) is 0 Å². The van der Waals surface area contributed by atoms with Gasteiger partial charge in [-0.2, -0.15) is 0 Å². The standard InChI is InChI=1S/C16H25N/c1-12(2)14(13-8-6-5-7-9-13)16(11-17)10-15(16,3)4/h5-9,12,14H,10-11,17H2,1-4H3. The minimum atomic E-state index is 0.308. The van der Waals surface area contributed by atoms with E-state index >= 15 is 0 Å². The highest BCUT2D eigenvalue weighted by molar-refractivity contribution is 5.29. The number of rotatable bonds is 4. The first kappa shape index (κ1) is 12.6. The van der Waals surface area contributed by atoms with Gasteiger partial charge in [0.2, 0.25) is 0 Å². The van der Waals surface area contributed by atoms with Crippen LogP contribution in [0.5, 0.6) is 0 Å². The molecule has 1 aromatic rings. The molecular formula is C16H25N. The van der Waals surface area contributed by atoms with Gasteiger partial charge in [-0.25, -0.2) is 0 Å². The van der Waals surface area contributed by atoms with Gasteiger partial charge in [0.05, 0.1) is 0 Å². The molecule has 0 radical (unpaired) electrons. The van der Waals surface area contributed by atoms with E-state index in [2.05, 4.69) is 58.0 Å². The van der Waals surface area contributed by atoms with Crippen LogP contribution < -0.4 is 5.73 Å². The number of hydrogen-bond donors (Lipinski definition) is 1. The average molecular weight is 231 g/mol. The molecule has 1 saturated carbocycles. The molecule has 0 saturated heterocycles. The van der Waals surface area contributed by atoms with Crippen LogP contribution in [0.15, 0.2) is 30.3 Å². The zero-order chi connectivity index (χ0) is 12.7. The van der Waals surface area contributed by atoms with Gasteiger partial charge in [-0.15, -0.1) is 0 Å². The maximum Gasteiger partial charge on any atom is -0.000923 e. The summed E-state index contributed by atoms with van der Waals surface area (Å²) in [6, 6.07) is 10.9. The van der Waals surface area contributed by atoms with E-state index in [1.165, 1.54) is 12.0 Å². The fourth-order valence-corrected chi connectivity index (χ4v) is 3.75. The van der Waals surface area contributed by atoms with E-state index < -0.39 is 0 Å². The topological polar surface area (TPSA) is 26.0 Å². The van der Waals surface area contributed by atoms with Crippen molar-refractivity contribution in [2.24, 2.45) is 22.5 Å². The van der Waals surface area contributed by atoms with Gasteiger partial charge < -0.3 is 5.73 Å². The van der Waals surface area contributed by atoms with Crippen LogP contribution >= 0.6 is 0 Å². The van der Waals surface area contributed by atoms with Crippen molar-refractivity contribution in [3.63, 3.8) is 0 Å². The van der Waals surface area contributed by atoms with E-state index in [0.29, 0.717) is 22.7 Å². The summed E-state index contributed by atoms with van der Waals surface area (Å²) in [5.74, 6) is 1.23. The molecule has 0 aromatic heterocycles. The molecule has 0 spiro atoms. The van der Waals surface area contributed by atoms with E-state index in [4.69, 9.17) is 5.73 Å². The Morgan fingerprint density at radius 2 is 1.71 bits per heavy atom. The molecule has 2 atom stereocenters. The molecule has 2 N–H and O–H groups in total. The summed E-state index contributed by atoms with van der Waals surface area (Å²) < 4.78 is 0. The Hall–Kier alpha value is -0.820. The van der Waals surface area contributed by atoms with Crippen molar-refractivity contribution in [1.82, 2.24) is 0 Å². The molecule has 1 aliphatic carbocycles. The highest BCUT2D eigenvalue weighted by Gasteiger charge is 2.64. The molecule has 1 nitrogen and oxygen atoms in total. The summed E-state index contributed by atoms with van der Waals surface area (Å²) in [5, 5.41) is 0. The van der Waals surface area contributed by atoms with Crippen molar-refractivity contribution < 1.29 is 0 Å². The van der Waals surface area contributed by atoms with Crippen LogP contribution in [0.1, 0.15) is 45.6 Å². The minimum Gasteiger partial charge on any atom is -0.330 e. The molecular weight excluding hydrogens is 206 g/mol. The van der Waals surface area contributed by atoms with Crippen LogP contribution in [0.3, 0.4) is 0 Å². The Morgan fingerprint density at radius 1 is 1.18 bits per heavy atom. The van der Waals surface area contributed by atoms with Crippen LogP contribution in [0, 0.1) is 16.7 Å². The number of nitrogens with two attached hydrogens (primary N) is 1. The van der Waals surface area contributed by atoms with Gasteiger partial charge in [0.25, 0.3) is 0 Å². The SMILES string of the molecule is CC(C)C(c1ccccc1)C1(CN)CC1(C)C. The lowest BCUT2D eigenvalue weighted by Gasteiger charge is -2.33. The van der Waals surface area contributed by atoms with Crippen molar-refractivity contribution in [3.8, 4) is 0 Å². The lowest BCUT2D eigenvalue weighted by molar-refractivity contribution is 0.265. The molecule has 0 aliphatic heterocycles. The third-order valence-electron chi connectivity index (χ3n) is 4.77. The second kappa shape index (κ2) is 4.13. The van der Waals surface area contributed by atoms with Gasteiger partial charge in [-0.3, -0.25) is 0 Å². The Labute approximate surface area is 105 Å². The third-order valence-corrected chi connectivity index (χ3v) is 4.77. The number of hydrogen-bond acceptors (Lipinski definition) is 1. The summed E-state index contributed by atoms with van der Waals surface area (Å²) in [7, 11) is 0. The van der Waals surface area contributed by atoms with Crippen LogP contribution in [0.25, 0.3) is 0 Å². The first-order chi connectivity index (χ1) is 7.94. The van der Waals surface area contributed by atoms with Gasteiger partial charge in [0, 0.05) is 0 Å². The van der Waals surface area contributed by atoms with Gasteiger partial charge in [0.1, 0.15) is 0 Å². The molecule has 1 heteroatoms. The van der Waals surface area contributed by atoms with Crippen molar-refractivity contribution >= 4 is 0 Å². The Kier molecular flexibility index (Phi) is 3.07. The molecule has 1 aliphatic rings. The van der Waals surface area contributed by atoms with E-state index in [0.717, 1.165) is 6.54 Å². The van der Waals surface area contributed by atoms with Crippen LogP contribution in [-0.4, -0.2) is 6.54 Å². The molecule has 2 rings (SSSR count). The van der Waals surface area contributed by atoms with Gasteiger partial charge in [0.15, 0.2) is 0 Å². The quantitative estimate of drug-likeness (QED) is 0.838. The molecule has 1 fully saturated rings. The molecule has 1 aromatic carbocycles.